The number of halogens is 1. The van der Waals surface area contributed by atoms with Crippen LogP contribution in [0.2, 0.25) is 0 Å². The van der Waals surface area contributed by atoms with E-state index in [-0.39, 0.29) is 0 Å². The average Bonchev–Trinajstić information content (AvgIpc) is 2.77. The Morgan fingerprint density at radius 1 is 1.22 bits per heavy atom. The third-order valence-electron chi connectivity index (χ3n) is 3.43. The van der Waals surface area contributed by atoms with Gasteiger partial charge in [-0.1, -0.05) is 0 Å². The molecule has 4 heteroatoms. The van der Waals surface area contributed by atoms with E-state index in [1.165, 1.54) is 18.5 Å². The summed E-state index contributed by atoms with van der Waals surface area (Å²) < 4.78 is 8.42. The molecule has 94 valence electrons. The van der Waals surface area contributed by atoms with Crippen LogP contribution in [0.5, 0.6) is 5.75 Å². The van der Waals surface area contributed by atoms with Crippen LogP contribution in [0.4, 0.5) is 0 Å². The van der Waals surface area contributed by atoms with E-state index in [0.29, 0.717) is 0 Å². The van der Waals surface area contributed by atoms with Crippen molar-refractivity contribution in [3.05, 3.63) is 34.7 Å². The van der Waals surface area contributed by atoms with Gasteiger partial charge in [-0.15, -0.1) is 0 Å². The first kappa shape index (κ1) is 11.8. The van der Waals surface area contributed by atoms with E-state index in [4.69, 9.17) is 4.74 Å². The van der Waals surface area contributed by atoms with Crippen LogP contribution in [-0.4, -0.2) is 16.7 Å². The van der Waals surface area contributed by atoms with Gasteiger partial charge in [0.1, 0.15) is 5.75 Å². The summed E-state index contributed by atoms with van der Waals surface area (Å²) in [4.78, 5) is 4.66. The number of aromatic nitrogens is 2. The van der Waals surface area contributed by atoms with Gasteiger partial charge >= 0.3 is 0 Å². The molecule has 0 atom stereocenters. The predicted molar refractivity (Wildman–Crippen MR) is 74.9 cm³/mol. The van der Waals surface area contributed by atoms with E-state index in [1.807, 2.05) is 12.1 Å². The van der Waals surface area contributed by atoms with E-state index >= 15 is 0 Å². The molecule has 0 spiro atoms. The van der Waals surface area contributed by atoms with Gasteiger partial charge in [-0.05, 0) is 59.5 Å². The molecule has 2 aromatic rings. The highest BCUT2D eigenvalue weighted by molar-refractivity contribution is 9.10. The molecule has 0 amide bonds. The molecule has 1 aromatic carbocycles. The summed E-state index contributed by atoms with van der Waals surface area (Å²) in [6, 6.07) is 8.11. The molecule has 18 heavy (non-hydrogen) atoms. The molecule has 3 rings (SSSR count). The summed E-state index contributed by atoms with van der Waals surface area (Å²) in [5.74, 6) is 0.880. The van der Waals surface area contributed by atoms with Crippen molar-refractivity contribution >= 4 is 15.9 Å². The van der Waals surface area contributed by atoms with Gasteiger partial charge in [0, 0.05) is 17.8 Å². The highest BCUT2D eigenvalue weighted by Crippen LogP contribution is 2.31. The molecule has 0 radical (unpaired) electrons. The summed E-state index contributed by atoms with van der Waals surface area (Å²) in [6.45, 7) is 1.07. The zero-order valence-corrected chi connectivity index (χ0v) is 11.9. The van der Waals surface area contributed by atoms with Crippen molar-refractivity contribution in [1.82, 2.24) is 9.55 Å². The van der Waals surface area contributed by atoms with Gasteiger partial charge in [0.15, 0.2) is 4.73 Å². The molecule has 1 aliphatic heterocycles. The summed E-state index contributed by atoms with van der Waals surface area (Å²) in [5.41, 5.74) is 3.61. The molecule has 1 aromatic heterocycles. The average molecular weight is 307 g/mol. The van der Waals surface area contributed by atoms with Crippen molar-refractivity contribution in [3.8, 4) is 17.0 Å². The molecule has 1 aliphatic rings. The Bertz CT molecular complexity index is 560. The smallest absolute Gasteiger partial charge is 0.177 e. The maximum atomic E-state index is 5.19. The maximum absolute atomic E-state index is 5.19. The van der Waals surface area contributed by atoms with Gasteiger partial charge in [-0.2, -0.15) is 0 Å². The maximum Gasteiger partial charge on any atom is 0.177 e. The highest BCUT2D eigenvalue weighted by Gasteiger charge is 2.19. The largest absolute Gasteiger partial charge is 0.497 e. The van der Waals surface area contributed by atoms with Crippen molar-refractivity contribution in [2.75, 3.05) is 7.11 Å². The lowest BCUT2D eigenvalue weighted by Gasteiger charge is -2.16. The lowest BCUT2D eigenvalue weighted by atomic mass is 10.0. The number of ether oxygens (including phenoxy) is 1. The first-order valence-corrected chi connectivity index (χ1v) is 6.98. The zero-order valence-electron chi connectivity index (χ0n) is 10.3. The summed E-state index contributed by atoms with van der Waals surface area (Å²) in [7, 11) is 1.68. The molecular formula is C14H15BrN2O. The number of fused-ring (bicyclic) bond motifs is 1. The Morgan fingerprint density at radius 3 is 2.72 bits per heavy atom. The van der Waals surface area contributed by atoms with Crippen LogP contribution >= 0.6 is 15.9 Å². The zero-order chi connectivity index (χ0) is 12.5. The lowest BCUT2D eigenvalue weighted by Crippen LogP contribution is -2.10. The predicted octanol–water partition coefficient (Wildman–Crippen LogP) is 3.66. The number of benzene rings is 1. The SMILES string of the molecule is COc1ccc(-c2nc(Br)n3c2CCCC3)cc1. The molecule has 0 saturated carbocycles. The van der Waals surface area contributed by atoms with Crippen molar-refractivity contribution in [1.29, 1.82) is 0 Å². The van der Waals surface area contributed by atoms with Gasteiger partial charge < -0.3 is 9.30 Å². The Balaban J connectivity index is 2.05. The molecule has 0 unspecified atom stereocenters. The van der Waals surface area contributed by atoms with Crippen molar-refractivity contribution < 1.29 is 4.74 Å². The highest BCUT2D eigenvalue weighted by atomic mass is 79.9. The molecule has 2 heterocycles. The third kappa shape index (κ3) is 1.94. The fourth-order valence-corrected chi connectivity index (χ4v) is 3.05. The van der Waals surface area contributed by atoms with Crippen LogP contribution in [0.1, 0.15) is 18.5 Å². The van der Waals surface area contributed by atoms with Gasteiger partial charge in [0.2, 0.25) is 0 Å². The molecule has 0 N–H and O–H groups in total. The topological polar surface area (TPSA) is 27.1 Å². The molecule has 0 bridgehead atoms. The number of hydrogen-bond donors (Lipinski definition) is 0. The Hall–Kier alpha value is -1.29. The van der Waals surface area contributed by atoms with Gasteiger partial charge in [0.05, 0.1) is 12.8 Å². The molecule has 3 nitrogen and oxygen atoms in total. The number of hydrogen-bond acceptors (Lipinski definition) is 2. The van der Waals surface area contributed by atoms with Crippen LogP contribution < -0.4 is 4.74 Å². The number of rotatable bonds is 2. The second-order valence-corrected chi connectivity index (χ2v) is 5.22. The van der Waals surface area contributed by atoms with Crippen molar-refractivity contribution in [2.45, 2.75) is 25.8 Å². The van der Waals surface area contributed by atoms with Crippen LogP contribution in [0.25, 0.3) is 11.3 Å². The molecule has 0 fully saturated rings. The summed E-state index contributed by atoms with van der Waals surface area (Å²) in [5, 5.41) is 0. The van der Waals surface area contributed by atoms with Crippen molar-refractivity contribution in [2.24, 2.45) is 0 Å². The van der Waals surface area contributed by atoms with E-state index in [2.05, 4.69) is 37.6 Å². The second-order valence-electron chi connectivity index (χ2n) is 4.51. The summed E-state index contributed by atoms with van der Waals surface area (Å²) in [6.07, 6.45) is 3.60. The van der Waals surface area contributed by atoms with E-state index in [9.17, 15) is 0 Å². The Morgan fingerprint density at radius 2 is 2.00 bits per heavy atom. The monoisotopic (exact) mass is 306 g/mol. The molecule has 0 aliphatic carbocycles. The van der Waals surface area contributed by atoms with E-state index in [1.54, 1.807) is 7.11 Å². The first-order chi connectivity index (χ1) is 8.79. The lowest BCUT2D eigenvalue weighted by molar-refractivity contribution is 0.415. The minimum Gasteiger partial charge on any atom is -0.497 e. The molecule has 0 saturated heterocycles. The minimum absolute atomic E-state index is 0.880. The Kier molecular flexibility index (Phi) is 3.12. The standard InChI is InChI=1S/C14H15BrN2O/c1-18-11-7-5-10(6-8-11)13-12-4-2-3-9-17(12)14(15)16-13/h5-8H,2-4,9H2,1H3. The van der Waals surface area contributed by atoms with Gasteiger partial charge in [-0.3, -0.25) is 0 Å². The summed E-state index contributed by atoms with van der Waals surface area (Å²) >= 11 is 3.56. The number of methoxy groups -OCH3 is 1. The van der Waals surface area contributed by atoms with Gasteiger partial charge in [0.25, 0.3) is 0 Å². The third-order valence-corrected chi connectivity index (χ3v) is 4.04. The molecular weight excluding hydrogens is 292 g/mol. The quantitative estimate of drug-likeness (QED) is 0.846. The fourth-order valence-electron chi connectivity index (χ4n) is 2.48. The van der Waals surface area contributed by atoms with Crippen LogP contribution in [-0.2, 0) is 13.0 Å². The number of imidazole rings is 1. The van der Waals surface area contributed by atoms with Gasteiger partial charge in [-0.25, -0.2) is 4.98 Å². The van der Waals surface area contributed by atoms with Crippen molar-refractivity contribution in [3.63, 3.8) is 0 Å². The fraction of sp³-hybridized carbons (Fsp3) is 0.357. The normalized spacial score (nSPS) is 14.3. The second kappa shape index (κ2) is 4.76. The van der Waals surface area contributed by atoms with Crippen LogP contribution in [0.3, 0.4) is 0 Å². The van der Waals surface area contributed by atoms with Crippen LogP contribution in [0.15, 0.2) is 29.0 Å². The van der Waals surface area contributed by atoms with E-state index < -0.39 is 0 Å². The van der Waals surface area contributed by atoms with Crippen LogP contribution in [0, 0.1) is 0 Å². The minimum atomic E-state index is 0.880. The van der Waals surface area contributed by atoms with E-state index in [0.717, 1.165) is 34.7 Å². The Labute approximate surface area is 115 Å². The number of nitrogens with zero attached hydrogens (tertiary/aromatic N) is 2. The first-order valence-electron chi connectivity index (χ1n) is 6.19.